The number of ether oxygens (including phenoxy) is 1. The highest BCUT2D eigenvalue weighted by molar-refractivity contribution is 6.06. The fourth-order valence-corrected chi connectivity index (χ4v) is 2.21. The minimum Gasteiger partial charge on any atom is -0.472 e. The molecule has 0 saturated heterocycles. The molecule has 3 aromatic rings. The summed E-state index contributed by atoms with van der Waals surface area (Å²) in [5.41, 5.74) is 3.06. The minimum atomic E-state index is -0.394. The van der Waals surface area contributed by atoms with Crippen LogP contribution in [0.25, 0.3) is 22.0 Å². The van der Waals surface area contributed by atoms with E-state index >= 15 is 0 Å². The van der Waals surface area contributed by atoms with E-state index in [2.05, 4.69) is 5.10 Å². The number of benzene rings is 1. The topological polar surface area (TPSA) is 57.3 Å². The van der Waals surface area contributed by atoms with Gasteiger partial charge in [-0.2, -0.15) is 5.10 Å². The van der Waals surface area contributed by atoms with Crippen LogP contribution in [0.3, 0.4) is 0 Å². The summed E-state index contributed by atoms with van der Waals surface area (Å²) in [6.07, 6.45) is 3.26. The largest absolute Gasteiger partial charge is 0.472 e. The van der Waals surface area contributed by atoms with Gasteiger partial charge in [-0.15, -0.1) is 0 Å². The zero-order chi connectivity index (χ0) is 13.4. The first-order valence-corrected chi connectivity index (χ1v) is 5.79. The van der Waals surface area contributed by atoms with Crippen LogP contribution in [-0.2, 0) is 11.8 Å². The van der Waals surface area contributed by atoms with Crippen molar-refractivity contribution >= 4 is 16.9 Å². The molecule has 0 aliphatic heterocycles. The Morgan fingerprint density at radius 2 is 2.21 bits per heavy atom. The molecule has 0 amide bonds. The van der Waals surface area contributed by atoms with Crippen LogP contribution in [0, 0.1) is 0 Å². The molecular formula is C14H12N2O3. The lowest BCUT2D eigenvalue weighted by molar-refractivity contribution is 0.0590. The zero-order valence-electron chi connectivity index (χ0n) is 10.6. The van der Waals surface area contributed by atoms with Gasteiger partial charge in [-0.3, -0.25) is 4.68 Å². The van der Waals surface area contributed by atoms with Crippen LogP contribution in [0.15, 0.2) is 41.2 Å². The number of esters is 1. The van der Waals surface area contributed by atoms with Crippen LogP contribution in [0.5, 0.6) is 0 Å². The van der Waals surface area contributed by atoms with Gasteiger partial charge in [0.25, 0.3) is 0 Å². The molecule has 3 rings (SSSR count). The standard InChI is InChI=1S/C14H12N2O3/c1-16-13(14(17)18-2)11-5-3-4-10(12(11)15-16)9-6-7-19-8-9/h3-8H,1-2H3. The molecule has 0 aliphatic rings. The van der Waals surface area contributed by atoms with E-state index in [-0.39, 0.29) is 0 Å². The Kier molecular flexibility index (Phi) is 2.59. The van der Waals surface area contributed by atoms with Gasteiger partial charge in [-0.25, -0.2) is 4.79 Å². The summed E-state index contributed by atoms with van der Waals surface area (Å²) in [7, 11) is 3.09. The number of aryl methyl sites for hydroxylation is 1. The lowest BCUT2D eigenvalue weighted by Crippen LogP contribution is -2.08. The van der Waals surface area contributed by atoms with Crippen LogP contribution in [0.1, 0.15) is 10.5 Å². The lowest BCUT2D eigenvalue weighted by atomic mass is 10.1. The van der Waals surface area contributed by atoms with E-state index in [1.54, 1.807) is 24.3 Å². The van der Waals surface area contributed by atoms with Crippen LogP contribution < -0.4 is 0 Å². The van der Waals surface area contributed by atoms with E-state index in [1.807, 2.05) is 24.3 Å². The maximum Gasteiger partial charge on any atom is 0.356 e. The van der Waals surface area contributed by atoms with E-state index in [1.165, 1.54) is 7.11 Å². The molecule has 0 saturated carbocycles. The summed E-state index contributed by atoms with van der Waals surface area (Å²) in [6.45, 7) is 0. The number of hydrogen-bond donors (Lipinski definition) is 0. The third-order valence-electron chi connectivity index (χ3n) is 3.08. The predicted octanol–water partition coefficient (Wildman–Crippen LogP) is 2.62. The number of methoxy groups -OCH3 is 1. The van der Waals surface area contributed by atoms with Gasteiger partial charge < -0.3 is 9.15 Å². The Morgan fingerprint density at radius 3 is 2.89 bits per heavy atom. The number of hydrogen-bond acceptors (Lipinski definition) is 4. The Balaban J connectivity index is 2.31. The minimum absolute atomic E-state index is 0.394. The Labute approximate surface area is 109 Å². The second-order valence-electron chi connectivity index (χ2n) is 4.18. The second-order valence-corrected chi connectivity index (χ2v) is 4.18. The number of furan rings is 1. The van der Waals surface area contributed by atoms with Crippen molar-refractivity contribution in [1.29, 1.82) is 0 Å². The summed E-state index contributed by atoms with van der Waals surface area (Å²) in [5, 5.41) is 5.18. The molecule has 1 aromatic carbocycles. The summed E-state index contributed by atoms with van der Waals surface area (Å²) in [4.78, 5) is 11.8. The number of carbonyl (C=O) groups is 1. The predicted molar refractivity (Wildman–Crippen MR) is 69.8 cm³/mol. The number of nitrogens with zero attached hydrogens (tertiary/aromatic N) is 2. The van der Waals surface area contributed by atoms with Gasteiger partial charge in [0.15, 0.2) is 5.69 Å². The van der Waals surface area contributed by atoms with Crippen molar-refractivity contribution in [2.45, 2.75) is 0 Å². The smallest absolute Gasteiger partial charge is 0.356 e. The van der Waals surface area contributed by atoms with Crippen molar-refractivity contribution in [2.75, 3.05) is 7.11 Å². The molecule has 2 aromatic heterocycles. The first kappa shape index (κ1) is 11.5. The SMILES string of the molecule is COC(=O)c1c2cccc(-c3ccoc3)c2nn1C. The first-order chi connectivity index (χ1) is 9.22. The van der Waals surface area contributed by atoms with Gasteiger partial charge in [0, 0.05) is 23.6 Å². The van der Waals surface area contributed by atoms with Gasteiger partial charge in [0.2, 0.25) is 0 Å². The van der Waals surface area contributed by atoms with Crippen molar-refractivity contribution in [3.63, 3.8) is 0 Å². The van der Waals surface area contributed by atoms with Gasteiger partial charge >= 0.3 is 5.97 Å². The maximum atomic E-state index is 11.8. The molecule has 0 unspecified atom stereocenters. The van der Waals surface area contributed by atoms with E-state index in [0.717, 1.165) is 22.0 Å². The fourth-order valence-electron chi connectivity index (χ4n) is 2.21. The highest BCUT2D eigenvalue weighted by Gasteiger charge is 2.19. The number of aromatic nitrogens is 2. The maximum absolute atomic E-state index is 11.8. The summed E-state index contributed by atoms with van der Waals surface area (Å²) in [5.74, 6) is -0.394. The number of fused-ring (bicyclic) bond motifs is 1. The molecule has 96 valence electrons. The third-order valence-corrected chi connectivity index (χ3v) is 3.08. The van der Waals surface area contributed by atoms with E-state index < -0.39 is 5.97 Å². The first-order valence-electron chi connectivity index (χ1n) is 5.79. The van der Waals surface area contributed by atoms with Crippen LogP contribution in [0.4, 0.5) is 0 Å². The highest BCUT2D eigenvalue weighted by atomic mass is 16.5. The number of rotatable bonds is 2. The van der Waals surface area contributed by atoms with Gasteiger partial charge in [-0.05, 0) is 6.07 Å². The molecule has 0 radical (unpaired) electrons. The molecule has 5 heteroatoms. The van der Waals surface area contributed by atoms with Crippen LogP contribution >= 0.6 is 0 Å². The fraction of sp³-hybridized carbons (Fsp3) is 0.143. The summed E-state index contributed by atoms with van der Waals surface area (Å²) in [6, 6.07) is 7.56. The Hall–Kier alpha value is -2.56. The Morgan fingerprint density at radius 1 is 1.37 bits per heavy atom. The van der Waals surface area contributed by atoms with E-state index in [4.69, 9.17) is 9.15 Å². The molecular weight excluding hydrogens is 244 g/mol. The normalized spacial score (nSPS) is 10.8. The number of carbonyl (C=O) groups excluding carboxylic acids is 1. The van der Waals surface area contributed by atoms with Crippen molar-refractivity contribution in [3.8, 4) is 11.1 Å². The molecule has 2 heterocycles. The van der Waals surface area contributed by atoms with Crippen molar-refractivity contribution in [2.24, 2.45) is 7.05 Å². The molecule has 0 N–H and O–H groups in total. The average molecular weight is 256 g/mol. The summed E-state index contributed by atoms with van der Waals surface area (Å²) >= 11 is 0. The third kappa shape index (κ3) is 1.71. The monoisotopic (exact) mass is 256 g/mol. The molecule has 0 aliphatic carbocycles. The van der Waals surface area contributed by atoms with Gasteiger partial charge in [0.05, 0.1) is 19.6 Å². The molecule has 0 spiro atoms. The molecule has 0 bridgehead atoms. The van der Waals surface area contributed by atoms with Crippen molar-refractivity contribution < 1.29 is 13.9 Å². The summed E-state index contributed by atoms with van der Waals surface area (Å²) < 4.78 is 11.4. The van der Waals surface area contributed by atoms with E-state index in [9.17, 15) is 4.79 Å². The molecule has 0 fully saturated rings. The van der Waals surface area contributed by atoms with Gasteiger partial charge in [-0.1, -0.05) is 18.2 Å². The lowest BCUT2D eigenvalue weighted by Gasteiger charge is -2.00. The highest BCUT2D eigenvalue weighted by Crippen LogP contribution is 2.29. The molecule has 5 nitrogen and oxygen atoms in total. The average Bonchev–Trinajstić information content (AvgIpc) is 3.03. The molecule has 0 atom stereocenters. The molecule has 19 heavy (non-hydrogen) atoms. The van der Waals surface area contributed by atoms with Gasteiger partial charge in [0.1, 0.15) is 5.52 Å². The zero-order valence-corrected chi connectivity index (χ0v) is 10.6. The van der Waals surface area contributed by atoms with Crippen LogP contribution in [-0.4, -0.2) is 22.9 Å². The quantitative estimate of drug-likeness (QED) is 0.661. The van der Waals surface area contributed by atoms with Crippen LogP contribution in [0.2, 0.25) is 0 Å². The Bertz CT molecular complexity index is 741. The second kappa shape index (κ2) is 4.28. The van der Waals surface area contributed by atoms with Crippen molar-refractivity contribution in [3.05, 3.63) is 42.5 Å². The van der Waals surface area contributed by atoms with E-state index in [0.29, 0.717) is 5.69 Å². The van der Waals surface area contributed by atoms with Crippen molar-refractivity contribution in [1.82, 2.24) is 9.78 Å².